The first-order chi connectivity index (χ1) is 9.40. The van der Waals surface area contributed by atoms with Gasteiger partial charge in [0.1, 0.15) is 6.07 Å². The summed E-state index contributed by atoms with van der Waals surface area (Å²) in [6.07, 6.45) is 1.93. The van der Waals surface area contributed by atoms with Crippen LogP contribution in [0.2, 0.25) is 0 Å². The largest absolute Gasteiger partial charge is 0.304 e. The van der Waals surface area contributed by atoms with Crippen molar-refractivity contribution in [3.8, 4) is 6.07 Å². The minimum atomic E-state index is -0.0859. The zero-order chi connectivity index (χ0) is 14.8. The van der Waals surface area contributed by atoms with Gasteiger partial charge < -0.3 is 4.90 Å². The third-order valence-electron chi connectivity index (χ3n) is 3.78. The molecule has 2 rings (SSSR count). The number of hydrogen-bond donors (Lipinski definition) is 0. The predicted molar refractivity (Wildman–Crippen MR) is 80.4 cm³/mol. The highest BCUT2D eigenvalue weighted by molar-refractivity contribution is 5.39. The Balaban J connectivity index is 2.12. The molecule has 4 heteroatoms. The molecule has 0 N–H and O–H groups in total. The lowest BCUT2D eigenvalue weighted by atomic mass is 9.88. The molecule has 0 spiro atoms. The average molecular weight is 272 g/mol. The van der Waals surface area contributed by atoms with Crippen molar-refractivity contribution in [3.05, 3.63) is 29.1 Å². The maximum absolute atomic E-state index is 9.34. The summed E-state index contributed by atoms with van der Waals surface area (Å²) in [5.74, 6) is 0. The molecule has 20 heavy (non-hydrogen) atoms. The minimum Gasteiger partial charge on any atom is -0.304 e. The number of hydrogen-bond acceptors (Lipinski definition) is 4. The number of pyridine rings is 1. The van der Waals surface area contributed by atoms with Crippen molar-refractivity contribution in [2.24, 2.45) is 0 Å². The van der Waals surface area contributed by atoms with E-state index < -0.39 is 0 Å². The average Bonchev–Trinajstić information content (AvgIpc) is 2.40. The monoisotopic (exact) mass is 272 g/mol. The van der Waals surface area contributed by atoms with Gasteiger partial charge in [-0.15, -0.1) is 0 Å². The van der Waals surface area contributed by atoms with Crippen molar-refractivity contribution in [2.45, 2.75) is 32.7 Å². The van der Waals surface area contributed by atoms with Gasteiger partial charge >= 0.3 is 0 Å². The van der Waals surface area contributed by atoms with E-state index in [1.54, 1.807) is 0 Å². The molecule has 4 nitrogen and oxygen atoms in total. The van der Waals surface area contributed by atoms with Gasteiger partial charge in [0.05, 0.1) is 11.3 Å². The Morgan fingerprint density at radius 2 is 1.90 bits per heavy atom. The molecule has 1 aliphatic heterocycles. The van der Waals surface area contributed by atoms with Crippen molar-refractivity contribution >= 4 is 0 Å². The topological polar surface area (TPSA) is 43.2 Å². The van der Waals surface area contributed by atoms with Crippen molar-refractivity contribution < 1.29 is 0 Å². The minimum absolute atomic E-state index is 0.0859. The van der Waals surface area contributed by atoms with Crippen LogP contribution < -0.4 is 0 Å². The molecule has 0 amide bonds. The Kier molecular flexibility index (Phi) is 4.42. The number of piperazine rings is 1. The normalized spacial score (nSPS) is 17.9. The second-order valence-electron chi connectivity index (χ2n) is 6.68. The third-order valence-corrected chi connectivity index (χ3v) is 3.78. The van der Waals surface area contributed by atoms with Crippen LogP contribution in [-0.4, -0.2) is 48.0 Å². The lowest BCUT2D eigenvalue weighted by Gasteiger charge is -2.32. The molecule has 0 atom stereocenters. The van der Waals surface area contributed by atoms with E-state index in [9.17, 15) is 5.26 Å². The van der Waals surface area contributed by atoms with Crippen LogP contribution in [0.1, 0.15) is 37.6 Å². The standard InChI is InChI=1S/C16H24N4/c1-16(2,3)15-14(10-17)9-13(11-18-15)12-20-7-5-19(4)6-8-20/h9,11H,5-8,12H2,1-4H3. The van der Waals surface area contributed by atoms with E-state index in [2.05, 4.69) is 48.7 Å². The quantitative estimate of drug-likeness (QED) is 0.826. The fourth-order valence-corrected chi connectivity index (χ4v) is 2.54. The maximum atomic E-state index is 9.34. The second kappa shape index (κ2) is 5.90. The summed E-state index contributed by atoms with van der Waals surface area (Å²) in [7, 11) is 2.16. The molecule has 1 aromatic heterocycles. The molecule has 1 fully saturated rings. The van der Waals surface area contributed by atoms with Gasteiger partial charge in [0.15, 0.2) is 0 Å². The van der Waals surface area contributed by atoms with Crippen molar-refractivity contribution in [2.75, 3.05) is 33.2 Å². The molecule has 1 saturated heterocycles. The molecule has 0 bridgehead atoms. The van der Waals surface area contributed by atoms with Crippen molar-refractivity contribution in [3.63, 3.8) is 0 Å². The van der Waals surface area contributed by atoms with Gasteiger partial charge in [0, 0.05) is 44.3 Å². The lowest BCUT2D eigenvalue weighted by molar-refractivity contribution is 0.148. The molecule has 2 heterocycles. The van der Waals surface area contributed by atoms with E-state index in [-0.39, 0.29) is 5.41 Å². The molecule has 108 valence electrons. The Labute approximate surface area is 122 Å². The van der Waals surface area contributed by atoms with Crippen LogP contribution in [0.25, 0.3) is 0 Å². The van der Waals surface area contributed by atoms with Gasteiger partial charge in [0.2, 0.25) is 0 Å². The van der Waals surface area contributed by atoms with Gasteiger partial charge in [0.25, 0.3) is 0 Å². The number of nitriles is 1. The smallest absolute Gasteiger partial charge is 0.101 e. The Hall–Kier alpha value is -1.44. The number of aromatic nitrogens is 1. The highest BCUT2D eigenvalue weighted by Crippen LogP contribution is 2.24. The molecule has 0 aromatic carbocycles. The lowest BCUT2D eigenvalue weighted by Crippen LogP contribution is -2.43. The number of rotatable bonds is 2. The zero-order valence-corrected chi connectivity index (χ0v) is 13.0. The summed E-state index contributed by atoms with van der Waals surface area (Å²) in [5.41, 5.74) is 2.66. The van der Waals surface area contributed by atoms with Crippen LogP contribution in [0.5, 0.6) is 0 Å². The summed E-state index contributed by atoms with van der Waals surface area (Å²) >= 11 is 0. The van der Waals surface area contributed by atoms with Crippen molar-refractivity contribution in [1.82, 2.24) is 14.8 Å². The maximum Gasteiger partial charge on any atom is 0.101 e. The molecule has 0 saturated carbocycles. The summed E-state index contributed by atoms with van der Waals surface area (Å²) < 4.78 is 0. The highest BCUT2D eigenvalue weighted by Gasteiger charge is 2.21. The first-order valence-corrected chi connectivity index (χ1v) is 7.20. The number of nitrogens with zero attached hydrogens (tertiary/aromatic N) is 4. The van der Waals surface area contributed by atoms with Crippen molar-refractivity contribution in [1.29, 1.82) is 5.26 Å². The summed E-state index contributed by atoms with van der Waals surface area (Å²) in [4.78, 5) is 9.31. The zero-order valence-electron chi connectivity index (χ0n) is 13.0. The first kappa shape index (κ1) is 15.0. The van der Waals surface area contributed by atoms with Gasteiger partial charge in [-0.25, -0.2) is 0 Å². The van der Waals surface area contributed by atoms with Gasteiger partial charge in [-0.05, 0) is 18.7 Å². The summed E-state index contributed by atoms with van der Waals surface area (Å²) in [6, 6.07) is 4.30. The molecule has 0 radical (unpaired) electrons. The second-order valence-corrected chi connectivity index (χ2v) is 6.68. The molecular weight excluding hydrogens is 248 g/mol. The van der Waals surface area contributed by atoms with Crippen LogP contribution in [-0.2, 0) is 12.0 Å². The van der Waals surface area contributed by atoms with E-state index in [0.717, 1.165) is 44.0 Å². The van der Waals surface area contributed by atoms with E-state index in [1.807, 2.05) is 12.3 Å². The van der Waals surface area contributed by atoms with E-state index in [4.69, 9.17) is 0 Å². The van der Waals surface area contributed by atoms with E-state index >= 15 is 0 Å². The molecule has 0 aliphatic carbocycles. The molecule has 1 aromatic rings. The van der Waals surface area contributed by atoms with E-state index in [0.29, 0.717) is 5.56 Å². The van der Waals surface area contributed by atoms with Gasteiger partial charge in [-0.3, -0.25) is 9.88 Å². The SMILES string of the molecule is CN1CCN(Cc2cnc(C(C)(C)C)c(C#N)c2)CC1. The number of likely N-dealkylation sites (N-methyl/N-ethyl adjacent to an activating group) is 1. The molecule has 1 aliphatic rings. The van der Waals surface area contributed by atoms with Crippen LogP contribution in [0.15, 0.2) is 12.3 Å². The Bertz CT molecular complexity index is 502. The molecular formula is C16H24N4. The Morgan fingerprint density at radius 3 is 2.45 bits per heavy atom. The van der Waals surface area contributed by atoms with Crippen LogP contribution in [0.3, 0.4) is 0 Å². The predicted octanol–water partition coefficient (Wildman–Crippen LogP) is 2.00. The third kappa shape index (κ3) is 3.56. The van der Waals surface area contributed by atoms with Crippen LogP contribution in [0.4, 0.5) is 0 Å². The molecule has 0 unspecified atom stereocenters. The highest BCUT2D eigenvalue weighted by atomic mass is 15.2. The fraction of sp³-hybridized carbons (Fsp3) is 0.625. The summed E-state index contributed by atoms with van der Waals surface area (Å²) in [5, 5.41) is 9.34. The van der Waals surface area contributed by atoms with Crippen LogP contribution >= 0.6 is 0 Å². The Morgan fingerprint density at radius 1 is 1.25 bits per heavy atom. The van der Waals surface area contributed by atoms with E-state index in [1.165, 1.54) is 0 Å². The van der Waals surface area contributed by atoms with Crippen LogP contribution in [0, 0.1) is 11.3 Å². The van der Waals surface area contributed by atoms with Gasteiger partial charge in [-0.2, -0.15) is 5.26 Å². The first-order valence-electron chi connectivity index (χ1n) is 7.20. The summed E-state index contributed by atoms with van der Waals surface area (Å²) in [6.45, 7) is 11.6. The fourth-order valence-electron chi connectivity index (χ4n) is 2.54. The van der Waals surface area contributed by atoms with Gasteiger partial charge in [-0.1, -0.05) is 20.8 Å².